The number of nitrogens with zero attached hydrogens (tertiary/aromatic N) is 2. The van der Waals surface area contributed by atoms with Crippen molar-refractivity contribution >= 4 is 16.8 Å². The van der Waals surface area contributed by atoms with Gasteiger partial charge < -0.3 is 14.8 Å². The van der Waals surface area contributed by atoms with E-state index >= 15 is 0 Å². The average Bonchev–Trinajstić information content (AvgIpc) is 2.81. The van der Waals surface area contributed by atoms with Crippen molar-refractivity contribution in [2.24, 2.45) is 0 Å². The van der Waals surface area contributed by atoms with Gasteiger partial charge in [-0.05, 0) is 37.2 Å². The Bertz CT molecular complexity index is 1020. The minimum Gasteiger partial charge on any atom is -0.497 e. The Kier molecular flexibility index (Phi) is 6.57. The number of methoxy groups -OCH3 is 1. The van der Waals surface area contributed by atoms with Gasteiger partial charge in [0.05, 0.1) is 37.1 Å². The highest BCUT2D eigenvalue weighted by Crippen LogP contribution is 2.27. The predicted octanol–water partition coefficient (Wildman–Crippen LogP) is 3.36. The molecule has 0 radical (unpaired) electrons. The number of ether oxygens (including phenoxy) is 2. The first-order chi connectivity index (χ1) is 14.7. The van der Waals surface area contributed by atoms with E-state index in [0.29, 0.717) is 12.1 Å². The van der Waals surface area contributed by atoms with Gasteiger partial charge in [-0.2, -0.15) is 0 Å². The molecular weight excluding hydrogens is 378 g/mol. The van der Waals surface area contributed by atoms with E-state index < -0.39 is 0 Å². The van der Waals surface area contributed by atoms with E-state index in [9.17, 15) is 4.79 Å². The van der Waals surface area contributed by atoms with Crippen LogP contribution in [-0.4, -0.2) is 62.3 Å². The number of carbonyl (C=O) groups is 1. The molecule has 2 heterocycles. The third kappa shape index (κ3) is 4.78. The molecule has 0 unspecified atom stereocenters. The number of nitrogens with one attached hydrogen (secondary N) is 1. The minimum absolute atomic E-state index is 0.0697. The molecule has 1 aromatic heterocycles. The fourth-order valence-corrected chi connectivity index (χ4v) is 3.72. The quantitative estimate of drug-likeness (QED) is 0.611. The zero-order valence-electron chi connectivity index (χ0n) is 17.3. The number of hydrogen-bond acceptors (Lipinski definition) is 5. The molecule has 6 heteroatoms. The molecule has 156 valence electrons. The largest absolute Gasteiger partial charge is 0.497 e. The maximum absolute atomic E-state index is 13.0. The normalized spacial score (nSPS) is 14.6. The van der Waals surface area contributed by atoms with E-state index in [0.717, 1.165) is 67.2 Å². The molecule has 0 spiro atoms. The SMILES string of the molecule is COc1cccc(-c2cc(C(=O)NCCCN3CCOCC3)c3ccccc3n2)c1. The lowest BCUT2D eigenvalue weighted by molar-refractivity contribution is 0.0374. The van der Waals surface area contributed by atoms with Crippen LogP contribution in [0.4, 0.5) is 0 Å². The van der Waals surface area contributed by atoms with E-state index in [-0.39, 0.29) is 5.91 Å². The molecule has 0 aliphatic carbocycles. The third-order valence-electron chi connectivity index (χ3n) is 5.37. The first-order valence-corrected chi connectivity index (χ1v) is 10.4. The van der Waals surface area contributed by atoms with Crippen molar-refractivity contribution in [2.75, 3.05) is 46.5 Å². The Balaban J connectivity index is 1.52. The molecule has 1 fully saturated rings. The summed E-state index contributed by atoms with van der Waals surface area (Å²) in [6, 6.07) is 17.4. The van der Waals surface area contributed by atoms with Gasteiger partial charge in [0.1, 0.15) is 5.75 Å². The van der Waals surface area contributed by atoms with Crippen molar-refractivity contribution in [1.29, 1.82) is 0 Å². The molecule has 1 amide bonds. The zero-order valence-corrected chi connectivity index (χ0v) is 17.3. The Morgan fingerprint density at radius 1 is 1.13 bits per heavy atom. The summed E-state index contributed by atoms with van der Waals surface area (Å²) in [7, 11) is 1.64. The van der Waals surface area contributed by atoms with Crippen LogP contribution in [0.3, 0.4) is 0 Å². The highest BCUT2D eigenvalue weighted by Gasteiger charge is 2.15. The first-order valence-electron chi connectivity index (χ1n) is 10.4. The van der Waals surface area contributed by atoms with E-state index in [1.165, 1.54) is 0 Å². The smallest absolute Gasteiger partial charge is 0.252 e. The van der Waals surface area contributed by atoms with Crippen LogP contribution in [-0.2, 0) is 4.74 Å². The van der Waals surface area contributed by atoms with Crippen molar-refractivity contribution < 1.29 is 14.3 Å². The number of morpholine rings is 1. The number of fused-ring (bicyclic) bond motifs is 1. The van der Waals surface area contributed by atoms with Gasteiger partial charge in [-0.15, -0.1) is 0 Å². The number of benzene rings is 2. The second-order valence-electron chi connectivity index (χ2n) is 7.37. The summed E-state index contributed by atoms with van der Waals surface area (Å²) in [5, 5.41) is 3.94. The molecule has 30 heavy (non-hydrogen) atoms. The average molecular weight is 405 g/mol. The van der Waals surface area contributed by atoms with Gasteiger partial charge in [-0.1, -0.05) is 30.3 Å². The van der Waals surface area contributed by atoms with Gasteiger partial charge in [-0.25, -0.2) is 4.98 Å². The van der Waals surface area contributed by atoms with Gasteiger partial charge >= 0.3 is 0 Å². The second kappa shape index (κ2) is 9.69. The molecule has 2 aromatic carbocycles. The highest BCUT2D eigenvalue weighted by atomic mass is 16.5. The van der Waals surface area contributed by atoms with Gasteiger partial charge in [0.15, 0.2) is 0 Å². The Morgan fingerprint density at radius 2 is 1.97 bits per heavy atom. The zero-order chi connectivity index (χ0) is 20.8. The van der Waals surface area contributed by atoms with E-state index in [4.69, 9.17) is 14.5 Å². The van der Waals surface area contributed by atoms with Crippen LogP contribution >= 0.6 is 0 Å². The summed E-state index contributed by atoms with van der Waals surface area (Å²) in [5.74, 6) is 0.691. The van der Waals surface area contributed by atoms with Crippen molar-refractivity contribution in [1.82, 2.24) is 15.2 Å². The lowest BCUT2D eigenvalue weighted by Crippen LogP contribution is -2.38. The van der Waals surface area contributed by atoms with Gasteiger partial charge in [-0.3, -0.25) is 9.69 Å². The van der Waals surface area contributed by atoms with Crippen LogP contribution in [0, 0.1) is 0 Å². The Morgan fingerprint density at radius 3 is 2.80 bits per heavy atom. The number of rotatable bonds is 7. The number of carbonyl (C=O) groups excluding carboxylic acids is 1. The lowest BCUT2D eigenvalue weighted by Gasteiger charge is -2.26. The van der Waals surface area contributed by atoms with Crippen LogP contribution in [0.25, 0.3) is 22.2 Å². The monoisotopic (exact) mass is 405 g/mol. The molecule has 0 saturated carbocycles. The van der Waals surface area contributed by atoms with E-state index in [1.54, 1.807) is 7.11 Å². The van der Waals surface area contributed by atoms with Crippen LogP contribution in [0.15, 0.2) is 54.6 Å². The van der Waals surface area contributed by atoms with Crippen LogP contribution in [0.1, 0.15) is 16.8 Å². The van der Waals surface area contributed by atoms with Crippen LogP contribution in [0.5, 0.6) is 5.75 Å². The standard InChI is InChI=1S/C24H27N3O3/c1-29-19-7-4-6-18(16-19)23-17-21(20-8-2-3-9-22(20)26-23)24(28)25-10-5-11-27-12-14-30-15-13-27/h2-4,6-9,16-17H,5,10-15H2,1H3,(H,25,28). The number of para-hydroxylation sites is 1. The summed E-state index contributed by atoms with van der Waals surface area (Å²) in [5.41, 5.74) is 3.12. The number of pyridine rings is 1. The molecule has 0 atom stereocenters. The van der Waals surface area contributed by atoms with Crippen molar-refractivity contribution in [2.45, 2.75) is 6.42 Å². The molecule has 4 rings (SSSR count). The molecule has 0 bridgehead atoms. The number of hydrogen-bond donors (Lipinski definition) is 1. The lowest BCUT2D eigenvalue weighted by atomic mass is 10.0. The first kappa shape index (κ1) is 20.3. The van der Waals surface area contributed by atoms with Gasteiger partial charge in [0, 0.05) is 30.6 Å². The Labute approximate surface area is 176 Å². The molecule has 1 aliphatic rings. The second-order valence-corrected chi connectivity index (χ2v) is 7.37. The van der Waals surface area contributed by atoms with Crippen molar-refractivity contribution in [3.63, 3.8) is 0 Å². The molecule has 6 nitrogen and oxygen atoms in total. The number of amides is 1. The molecule has 1 N–H and O–H groups in total. The Hall–Kier alpha value is -2.96. The summed E-state index contributed by atoms with van der Waals surface area (Å²) in [4.78, 5) is 20.2. The molecule has 1 aliphatic heterocycles. The minimum atomic E-state index is -0.0697. The molecule has 3 aromatic rings. The predicted molar refractivity (Wildman–Crippen MR) is 118 cm³/mol. The van der Waals surface area contributed by atoms with E-state index in [1.807, 2.05) is 54.6 Å². The maximum atomic E-state index is 13.0. The third-order valence-corrected chi connectivity index (χ3v) is 5.37. The van der Waals surface area contributed by atoms with E-state index in [2.05, 4.69) is 10.2 Å². The summed E-state index contributed by atoms with van der Waals surface area (Å²) >= 11 is 0. The maximum Gasteiger partial charge on any atom is 0.252 e. The topological polar surface area (TPSA) is 63.7 Å². The van der Waals surface area contributed by atoms with Gasteiger partial charge in [0.25, 0.3) is 5.91 Å². The summed E-state index contributed by atoms with van der Waals surface area (Å²) < 4.78 is 10.7. The highest BCUT2D eigenvalue weighted by molar-refractivity contribution is 6.07. The number of aromatic nitrogens is 1. The van der Waals surface area contributed by atoms with Crippen molar-refractivity contribution in [3.05, 3.63) is 60.2 Å². The van der Waals surface area contributed by atoms with Crippen LogP contribution in [0.2, 0.25) is 0 Å². The fraction of sp³-hybridized carbons (Fsp3) is 0.333. The van der Waals surface area contributed by atoms with Gasteiger partial charge in [0.2, 0.25) is 0 Å². The molecular formula is C24H27N3O3. The summed E-state index contributed by atoms with van der Waals surface area (Å²) in [6.07, 6.45) is 0.914. The van der Waals surface area contributed by atoms with Crippen molar-refractivity contribution in [3.8, 4) is 17.0 Å². The summed E-state index contributed by atoms with van der Waals surface area (Å²) in [6.45, 7) is 5.13. The van der Waals surface area contributed by atoms with Crippen LogP contribution < -0.4 is 10.1 Å². The fourth-order valence-electron chi connectivity index (χ4n) is 3.72. The molecule has 1 saturated heterocycles.